The average molecular weight is 779 g/mol. The number of thiophene rings is 2. The van der Waals surface area contributed by atoms with Gasteiger partial charge in [0.15, 0.2) is 10.3 Å². The maximum absolute atomic E-state index is 13.2. The molecule has 6 aromatic rings. The number of thiazole rings is 2. The summed E-state index contributed by atoms with van der Waals surface area (Å²) in [6, 6.07) is 17.5. The normalized spacial score (nSPS) is 11.6. The molecule has 260 valence electrons. The molecule has 19 heteroatoms. The number of Topliss-reactive ketones (excluding diaryl/α,β-unsaturated/α-hetero) is 2. The predicted octanol–water partition coefficient (Wildman–Crippen LogP) is 9.84. The second-order valence-electron chi connectivity index (χ2n) is 10.1. The van der Waals surface area contributed by atoms with E-state index in [1.165, 1.54) is 60.7 Å². The van der Waals surface area contributed by atoms with Crippen LogP contribution in [0.1, 0.15) is 40.1 Å². The lowest BCUT2D eigenvalue weighted by atomic mass is 10.2. The van der Waals surface area contributed by atoms with Gasteiger partial charge in [-0.05, 0) is 71.4 Å². The van der Waals surface area contributed by atoms with Gasteiger partial charge in [0.2, 0.25) is 0 Å². The minimum atomic E-state index is -5.13. The van der Waals surface area contributed by atoms with E-state index in [-0.39, 0.29) is 44.3 Å². The van der Waals surface area contributed by atoms with Crippen LogP contribution in [-0.4, -0.2) is 45.7 Å². The number of ether oxygens (including phenoxy) is 1. The second kappa shape index (κ2) is 14.2. The maximum Gasteiger partial charge on any atom is 0.455 e. The summed E-state index contributed by atoms with van der Waals surface area (Å²) in [6.45, 7) is 0. The van der Waals surface area contributed by atoms with E-state index in [0.29, 0.717) is 32.4 Å². The van der Waals surface area contributed by atoms with E-state index in [2.05, 4.69) is 20.6 Å². The van der Waals surface area contributed by atoms with Crippen LogP contribution in [-0.2, 0) is 0 Å². The fourth-order valence-corrected chi connectivity index (χ4v) is 7.74. The van der Waals surface area contributed by atoms with Crippen LogP contribution in [0.15, 0.2) is 83.6 Å². The third kappa shape index (κ3) is 8.06. The molecule has 0 bridgehead atoms. The summed E-state index contributed by atoms with van der Waals surface area (Å²) in [6.07, 6.45) is -10.3. The summed E-state index contributed by atoms with van der Waals surface area (Å²) in [5.74, 6) is -4.99. The molecule has 0 saturated heterocycles. The molecule has 0 aliphatic heterocycles. The number of ketones is 2. The van der Waals surface area contributed by atoms with Gasteiger partial charge in [-0.3, -0.25) is 29.8 Å². The van der Waals surface area contributed by atoms with Crippen LogP contribution in [0.25, 0.3) is 21.1 Å². The number of rotatable bonds is 10. The second-order valence-corrected chi connectivity index (χ2v) is 14.0. The fourth-order valence-electron chi connectivity index (χ4n) is 4.30. The molecule has 0 saturated carbocycles. The lowest BCUT2D eigenvalue weighted by Gasteiger charge is -2.08. The quantitative estimate of drug-likeness (QED) is 0.105. The highest BCUT2D eigenvalue weighted by molar-refractivity contribution is 7.19. The summed E-state index contributed by atoms with van der Waals surface area (Å²) >= 11 is 3.00. The van der Waals surface area contributed by atoms with E-state index in [9.17, 15) is 45.5 Å². The summed E-state index contributed by atoms with van der Waals surface area (Å²) in [5.41, 5.74) is -0.151. The Kier molecular flexibility index (Phi) is 9.89. The summed E-state index contributed by atoms with van der Waals surface area (Å²) in [5, 5.41) is 7.66. The number of carbonyl (C=O) groups excluding carboxylic acids is 4. The number of hydrogen-bond acceptors (Lipinski definition) is 11. The molecule has 9 nitrogen and oxygen atoms in total. The van der Waals surface area contributed by atoms with Crippen LogP contribution in [0.3, 0.4) is 0 Å². The molecule has 0 radical (unpaired) electrons. The minimum Gasteiger partial charge on any atom is -0.457 e. The van der Waals surface area contributed by atoms with Gasteiger partial charge in [-0.1, -0.05) is 34.8 Å². The summed E-state index contributed by atoms with van der Waals surface area (Å²) in [4.78, 5) is 57.2. The van der Waals surface area contributed by atoms with E-state index in [0.717, 1.165) is 22.7 Å². The van der Waals surface area contributed by atoms with Crippen molar-refractivity contribution in [2.75, 3.05) is 10.6 Å². The fraction of sp³-hybridized carbons (Fsp3) is 0.0625. The molecule has 0 aliphatic carbocycles. The molecule has 2 aromatic carbocycles. The molecular formula is C32H16F6N4O5S4. The highest BCUT2D eigenvalue weighted by Crippen LogP contribution is 2.39. The molecule has 6 rings (SSSR count). The van der Waals surface area contributed by atoms with Crippen LogP contribution in [0, 0.1) is 0 Å². The number of benzene rings is 2. The molecule has 51 heavy (non-hydrogen) atoms. The van der Waals surface area contributed by atoms with E-state index in [1.54, 1.807) is 22.9 Å². The van der Waals surface area contributed by atoms with Crippen LogP contribution in [0.5, 0.6) is 11.5 Å². The van der Waals surface area contributed by atoms with Crippen molar-refractivity contribution >= 4 is 79.0 Å². The number of nitrogens with one attached hydrogen (secondary N) is 2. The topological polar surface area (TPSA) is 127 Å². The maximum atomic E-state index is 13.2. The Morgan fingerprint density at radius 2 is 0.941 bits per heavy atom. The van der Waals surface area contributed by atoms with Crippen LogP contribution in [0.4, 0.5) is 36.6 Å². The number of halogens is 6. The Labute approximate surface area is 298 Å². The first-order chi connectivity index (χ1) is 24.2. The lowest BCUT2D eigenvalue weighted by Crippen LogP contribution is -2.22. The van der Waals surface area contributed by atoms with Gasteiger partial charge in [0, 0.05) is 11.1 Å². The van der Waals surface area contributed by atoms with Gasteiger partial charge in [0.05, 0.1) is 9.75 Å². The Morgan fingerprint density at radius 3 is 1.25 bits per heavy atom. The van der Waals surface area contributed by atoms with Gasteiger partial charge in [-0.15, -0.1) is 22.7 Å². The summed E-state index contributed by atoms with van der Waals surface area (Å²) < 4.78 is 85.0. The average Bonchev–Trinajstić information content (AvgIpc) is 3.91. The molecule has 0 spiro atoms. The third-order valence-electron chi connectivity index (χ3n) is 6.60. The van der Waals surface area contributed by atoms with E-state index < -0.39 is 45.5 Å². The highest BCUT2D eigenvalue weighted by atomic mass is 32.1. The number of hydrogen-bond donors (Lipinski definition) is 2. The molecule has 0 atom stereocenters. The smallest absolute Gasteiger partial charge is 0.455 e. The zero-order chi connectivity index (χ0) is 36.5. The van der Waals surface area contributed by atoms with Gasteiger partial charge in [-0.2, -0.15) is 26.3 Å². The first-order valence-electron chi connectivity index (χ1n) is 14.0. The Morgan fingerprint density at radius 1 is 0.569 bits per heavy atom. The van der Waals surface area contributed by atoms with Crippen LogP contribution < -0.4 is 15.4 Å². The Hall–Kier alpha value is -5.24. The van der Waals surface area contributed by atoms with E-state index >= 15 is 0 Å². The van der Waals surface area contributed by atoms with Gasteiger partial charge in [0.1, 0.15) is 32.6 Å². The molecule has 0 unspecified atom stereocenters. The van der Waals surface area contributed by atoms with Gasteiger partial charge in [0.25, 0.3) is 23.4 Å². The molecule has 2 N–H and O–H groups in total. The zero-order valence-corrected chi connectivity index (χ0v) is 28.2. The highest BCUT2D eigenvalue weighted by Gasteiger charge is 2.43. The van der Waals surface area contributed by atoms with Gasteiger partial charge >= 0.3 is 12.4 Å². The molecule has 0 aliphatic rings. The molecule has 0 fully saturated rings. The van der Waals surface area contributed by atoms with Crippen molar-refractivity contribution in [1.82, 2.24) is 9.97 Å². The minimum absolute atomic E-state index is 0.107. The number of alkyl halides is 6. The van der Waals surface area contributed by atoms with Crippen molar-refractivity contribution in [3.63, 3.8) is 0 Å². The monoisotopic (exact) mass is 778 g/mol. The number of aromatic nitrogens is 2. The van der Waals surface area contributed by atoms with Crippen molar-refractivity contribution in [3.05, 3.63) is 104 Å². The van der Waals surface area contributed by atoms with Crippen LogP contribution in [0.2, 0.25) is 0 Å². The van der Waals surface area contributed by atoms with Gasteiger partial charge < -0.3 is 4.74 Å². The number of anilines is 2. The van der Waals surface area contributed by atoms with E-state index in [4.69, 9.17) is 4.74 Å². The Balaban J connectivity index is 1.10. The number of amides is 2. The van der Waals surface area contributed by atoms with Crippen molar-refractivity contribution in [1.29, 1.82) is 0 Å². The zero-order valence-electron chi connectivity index (χ0n) is 24.9. The van der Waals surface area contributed by atoms with Crippen molar-refractivity contribution in [2.45, 2.75) is 12.4 Å². The van der Waals surface area contributed by atoms with Gasteiger partial charge in [-0.25, -0.2) is 9.97 Å². The third-order valence-corrected chi connectivity index (χ3v) is 10.3. The number of carbonyl (C=O) groups is 4. The summed E-state index contributed by atoms with van der Waals surface area (Å²) in [7, 11) is 0. The molecule has 4 aromatic heterocycles. The van der Waals surface area contributed by atoms with Crippen molar-refractivity contribution < 1.29 is 50.3 Å². The Bertz CT molecular complexity index is 2070. The lowest BCUT2D eigenvalue weighted by molar-refractivity contribution is -0.0885. The first-order valence-corrected chi connectivity index (χ1v) is 17.4. The van der Waals surface area contributed by atoms with Crippen LogP contribution >= 0.6 is 45.3 Å². The molecular weight excluding hydrogens is 763 g/mol. The predicted molar refractivity (Wildman–Crippen MR) is 180 cm³/mol. The van der Waals surface area contributed by atoms with Crippen molar-refractivity contribution in [3.8, 4) is 32.6 Å². The van der Waals surface area contributed by atoms with E-state index in [1.807, 2.05) is 0 Å². The largest absolute Gasteiger partial charge is 0.457 e. The number of nitrogens with zero attached hydrogens (tertiary/aromatic N) is 2. The molecule has 4 heterocycles. The standard InChI is InChI=1S/C32H16F6N4O5S4/c33-31(34,35)25(43)23-21(19-3-1-13-48-19)39-29(50-23)41-27(45)15-5-9-17(10-6-15)47-18-11-7-16(8-12-18)28(46)42-30-40-22(20-4-2-14-49-20)24(51-30)26(44)32(36,37)38/h1-14H,(H,39,41,45)(H,40,42,46). The first kappa shape index (κ1) is 35.6. The SMILES string of the molecule is O=C(Nc1nc(-c2cccs2)c(C(=O)C(F)(F)F)s1)c1ccc(Oc2ccc(C(=O)Nc3nc(-c4cccs4)c(C(=O)C(F)(F)F)s3)cc2)cc1. The van der Waals surface area contributed by atoms with Crippen molar-refractivity contribution in [2.24, 2.45) is 0 Å². The molecule has 2 amide bonds.